The molecule has 0 saturated heterocycles. The summed E-state index contributed by atoms with van der Waals surface area (Å²) < 4.78 is 0. The van der Waals surface area contributed by atoms with Crippen molar-refractivity contribution < 1.29 is 5.11 Å². The van der Waals surface area contributed by atoms with E-state index in [-0.39, 0.29) is 17.0 Å². The average molecular weight is 273 g/mol. The number of aliphatic imine (C=N–C) groups is 1. The third-order valence-corrected chi connectivity index (χ3v) is 3.32. The van der Waals surface area contributed by atoms with Gasteiger partial charge in [-0.2, -0.15) is 0 Å². The molecule has 0 amide bonds. The largest absolute Gasteiger partial charge is 0.508 e. The van der Waals surface area contributed by atoms with Crippen LogP contribution in [0.5, 0.6) is 5.75 Å². The molecule has 0 fully saturated rings. The maximum absolute atomic E-state index is 9.29. The fourth-order valence-corrected chi connectivity index (χ4v) is 2.76. The van der Waals surface area contributed by atoms with E-state index < -0.39 is 0 Å². The fraction of sp³-hybridized carbons (Fsp3) is 0.222. The minimum absolute atomic E-state index is 0. The van der Waals surface area contributed by atoms with E-state index in [1.807, 2.05) is 6.07 Å². The summed E-state index contributed by atoms with van der Waals surface area (Å²) in [5.74, 6) is 0.327. The molecular formula is C9H9BrN2OS. The summed E-state index contributed by atoms with van der Waals surface area (Å²) in [6.07, 6.45) is 0. The van der Waals surface area contributed by atoms with Crippen LogP contribution in [0.2, 0.25) is 0 Å². The van der Waals surface area contributed by atoms with E-state index in [1.54, 1.807) is 23.9 Å². The average Bonchev–Trinajstić information content (AvgIpc) is 2.62. The number of nitrogens with zero attached hydrogens (tertiary/aromatic N) is 2. The summed E-state index contributed by atoms with van der Waals surface area (Å²) >= 11 is 1.64. The Labute approximate surface area is 96.6 Å². The number of benzene rings is 1. The second-order valence-corrected chi connectivity index (χ2v) is 4.08. The molecule has 2 heterocycles. The number of aromatic hydroxyl groups is 1. The van der Waals surface area contributed by atoms with E-state index in [9.17, 15) is 5.11 Å². The first-order chi connectivity index (χ1) is 6.34. The van der Waals surface area contributed by atoms with E-state index in [2.05, 4.69) is 9.89 Å². The summed E-state index contributed by atoms with van der Waals surface area (Å²) in [5, 5.41) is 10.4. The summed E-state index contributed by atoms with van der Waals surface area (Å²) in [6.45, 7) is 1.86. The zero-order valence-electron chi connectivity index (χ0n) is 7.30. The van der Waals surface area contributed by atoms with Crippen LogP contribution in [0.25, 0.3) is 0 Å². The number of halogens is 1. The van der Waals surface area contributed by atoms with Crippen LogP contribution < -0.4 is 4.90 Å². The summed E-state index contributed by atoms with van der Waals surface area (Å²) in [7, 11) is 0. The highest BCUT2D eigenvalue weighted by molar-refractivity contribution is 8.93. The highest BCUT2D eigenvalue weighted by Crippen LogP contribution is 2.43. The van der Waals surface area contributed by atoms with E-state index in [0.29, 0.717) is 5.75 Å². The van der Waals surface area contributed by atoms with Gasteiger partial charge in [0, 0.05) is 11.4 Å². The Morgan fingerprint density at radius 2 is 2.29 bits per heavy atom. The lowest BCUT2D eigenvalue weighted by Gasteiger charge is -2.11. The van der Waals surface area contributed by atoms with Gasteiger partial charge in [0.25, 0.3) is 0 Å². The van der Waals surface area contributed by atoms with Crippen molar-refractivity contribution in [3.8, 4) is 5.75 Å². The zero-order valence-corrected chi connectivity index (χ0v) is 9.83. The van der Waals surface area contributed by atoms with Crippen molar-refractivity contribution >= 4 is 39.6 Å². The van der Waals surface area contributed by atoms with Crippen LogP contribution in [0.3, 0.4) is 0 Å². The minimum atomic E-state index is 0. The van der Waals surface area contributed by atoms with Gasteiger partial charge in [0.1, 0.15) is 5.75 Å². The summed E-state index contributed by atoms with van der Waals surface area (Å²) in [6, 6.07) is 5.47. The molecule has 14 heavy (non-hydrogen) atoms. The van der Waals surface area contributed by atoms with E-state index in [4.69, 9.17) is 0 Å². The second-order valence-electron chi connectivity index (χ2n) is 3.07. The van der Waals surface area contributed by atoms with Crippen LogP contribution in [-0.4, -0.2) is 23.4 Å². The van der Waals surface area contributed by atoms with Crippen molar-refractivity contribution in [1.29, 1.82) is 0 Å². The summed E-state index contributed by atoms with van der Waals surface area (Å²) in [5.41, 5.74) is 1.18. The van der Waals surface area contributed by atoms with Gasteiger partial charge in [-0.05, 0) is 30.0 Å². The predicted octanol–water partition coefficient (Wildman–Crippen LogP) is 2.25. The van der Waals surface area contributed by atoms with Gasteiger partial charge >= 0.3 is 0 Å². The summed E-state index contributed by atoms with van der Waals surface area (Å²) in [4.78, 5) is 7.67. The van der Waals surface area contributed by atoms with Crippen molar-refractivity contribution in [3.05, 3.63) is 18.2 Å². The maximum atomic E-state index is 9.29. The molecule has 0 atom stereocenters. The van der Waals surface area contributed by atoms with Crippen molar-refractivity contribution in [3.63, 3.8) is 0 Å². The zero-order chi connectivity index (χ0) is 8.84. The lowest BCUT2D eigenvalue weighted by atomic mass is 10.3. The van der Waals surface area contributed by atoms with Crippen LogP contribution in [0.15, 0.2) is 28.1 Å². The lowest BCUT2D eigenvalue weighted by Crippen LogP contribution is -2.20. The molecule has 3 nitrogen and oxygen atoms in total. The Morgan fingerprint density at radius 1 is 1.43 bits per heavy atom. The Kier molecular flexibility index (Phi) is 2.45. The van der Waals surface area contributed by atoms with Gasteiger partial charge in [0.2, 0.25) is 0 Å². The third-order valence-electron chi connectivity index (χ3n) is 2.24. The monoisotopic (exact) mass is 272 g/mol. The molecule has 5 heteroatoms. The van der Waals surface area contributed by atoms with Crippen LogP contribution in [0.4, 0.5) is 5.69 Å². The smallest absolute Gasteiger partial charge is 0.168 e. The van der Waals surface area contributed by atoms with Gasteiger partial charge in [-0.3, -0.25) is 4.99 Å². The number of hydrogen-bond acceptors (Lipinski definition) is 4. The number of amidine groups is 1. The Balaban J connectivity index is 0.000000750. The minimum Gasteiger partial charge on any atom is -0.508 e. The molecular weight excluding hydrogens is 264 g/mol. The van der Waals surface area contributed by atoms with Crippen molar-refractivity contribution in [1.82, 2.24) is 0 Å². The number of hydrogen-bond donors (Lipinski definition) is 1. The molecule has 0 unspecified atom stereocenters. The van der Waals surface area contributed by atoms with Crippen molar-refractivity contribution in [2.75, 3.05) is 18.0 Å². The first kappa shape index (κ1) is 9.86. The molecule has 0 bridgehead atoms. The van der Waals surface area contributed by atoms with Crippen LogP contribution in [-0.2, 0) is 0 Å². The van der Waals surface area contributed by atoms with Gasteiger partial charge in [-0.1, -0.05) is 0 Å². The Morgan fingerprint density at radius 3 is 3.14 bits per heavy atom. The number of phenols is 1. The van der Waals surface area contributed by atoms with Crippen LogP contribution >= 0.6 is 28.7 Å². The van der Waals surface area contributed by atoms with Gasteiger partial charge < -0.3 is 10.0 Å². The SMILES string of the molecule is Br.Oc1ccc2c(c1)SC1=NCCN12. The number of rotatable bonds is 0. The molecule has 1 aromatic rings. The van der Waals surface area contributed by atoms with Crippen LogP contribution in [0.1, 0.15) is 0 Å². The highest BCUT2D eigenvalue weighted by Gasteiger charge is 2.29. The first-order valence-electron chi connectivity index (χ1n) is 4.17. The predicted molar refractivity (Wildman–Crippen MR) is 63.9 cm³/mol. The highest BCUT2D eigenvalue weighted by atomic mass is 79.9. The fourth-order valence-electron chi connectivity index (χ4n) is 1.64. The van der Waals surface area contributed by atoms with Gasteiger partial charge in [0.05, 0.1) is 12.2 Å². The maximum Gasteiger partial charge on any atom is 0.168 e. The standard InChI is InChI=1S/C9H8N2OS.BrH/c12-6-1-2-7-8(5-6)13-9-10-3-4-11(7)9;/h1-2,5,12H,3-4H2;1H. The second kappa shape index (κ2) is 3.47. The van der Waals surface area contributed by atoms with Crippen molar-refractivity contribution in [2.45, 2.75) is 4.90 Å². The topological polar surface area (TPSA) is 35.8 Å². The Bertz CT molecular complexity index is 408. The molecule has 1 N–H and O–H groups in total. The quantitative estimate of drug-likeness (QED) is 0.787. The van der Waals surface area contributed by atoms with E-state index in [0.717, 1.165) is 23.2 Å². The van der Waals surface area contributed by atoms with Gasteiger partial charge in [-0.15, -0.1) is 17.0 Å². The molecule has 74 valence electrons. The normalized spacial score (nSPS) is 17.1. The number of phenolic OH excluding ortho intramolecular Hbond substituents is 1. The van der Waals surface area contributed by atoms with Gasteiger partial charge in [-0.25, -0.2) is 0 Å². The molecule has 1 aromatic carbocycles. The molecule has 0 aromatic heterocycles. The van der Waals surface area contributed by atoms with E-state index in [1.165, 1.54) is 5.69 Å². The Hall–Kier alpha value is -0.680. The first-order valence-corrected chi connectivity index (χ1v) is 4.99. The molecule has 2 aliphatic heterocycles. The van der Waals surface area contributed by atoms with Gasteiger partial charge in [0.15, 0.2) is 5.17 Å². The van der Waals surface area contributed by atoms with Crippen LogP contribution in [0, 0.1) is 0 Å². The molecule has 0 aliphatic carbocycles. The number of anilines is 1. The lowest BCUT2D eigenvalue weighted by molar-refractivity contribution is 0.474. The van der Waals surface area contributed by atoms with E-state index >= 15 is 0 Å². The van der Waals surface area contributed by atoms with Crippen molar-refractivity contribution in [2.24, 2.45) is 4.99 Å². The molecule has 2 aliphatic rings. The molecule has 0 saturated carbocycles. The third kappa shape index (κ3) is 1.31. The molecule has 3 rings (SSSR count). The molecule has 0 spiro atoms. The molecule has 0 radical (unpaired) electrons. The number of fused-ring (bicyclic) bond motifs is 3. The number of thioether (sulfide) groups is 1.